The fourth-order valence-electron chi connectivity index (χ4n) is 1.42. The van der Waals surface area contributed by atoms with E-state index in [-0.39, 0.29) is 0 Å². The lowest BCUT2D eigenvalue weighted by atomic mass is 10.3. The minimum absolute atomic E-state index is 0.691. The molecule has 16 heavy (non-hydrogen) atoms. The fourth-order valence-corrected chi connectivity index (χ4v) is 1.42. The highest BCUT2D eigenvalue weighted by molar-refractivity contribution is 5.37. The van der Waals surface area contributed by atoms with Crippen LogP contribution in [0.5, 0.6) is 0 Å². The lowest BCUT2D eigenvalue weighted by molar-refractivity contribution is 0.872. The van der Waals surface area contributed by atoms with Crippen LogP contribution < -0.4 is 9.80 Å². The summed E-state index contributed by atoms with van der Waals surface area (Å²) in [5.41, 5.74) is 1.21. The van der Waals surface area contributed by atoms with Crippen molar-refractivity contribution in [2.45, 2.75) is 6.54 Å². The second-order valence-electron chi connectivity index (χ2n) is 3.93. The molecule has 0 saturated heterocycles. The summed E-state index contributed by atoms with van der Waals surface area (Å²) in [4.78, 5) is 11.3. The Hall–Kier alpha value is -1.98. The van der Waals surface area contributed by atoms with Crippen LogP contribution in [-0.2, 0) is 6.54 Å². The predicted octanol–water partition coefficient (Wildman–Crippen LogP) is 0.835. The molecule has 0 atom stereocenters. The van der Waals surface area contributed by atoms with E-state index in [4.69, 9.17) is 0 Å². The third kappa shape index (κ3) is 2.16. The molecule has 0 fully saturated rings. The Bertz CT molecular complexity index is 430. The van der Waals surface area contributed by atoms with E-state index in [0.29, 0.717) is 5.95 Å². The summed E-state index contributed by atoms with van der Waals surface area (Å²) >= 11 is 0. The number of H-pyrrole nitrogens is 2. The van der Waals surface area contributed by atoms with Crippen LogP contribution in [-0.4, -0.2) is 41.3 Å². The third-order valence-corrected chi connectivity index (χ3v) is 2.31. The standard InChI is InChI=1S/C10H16N6/c1-15(2)9-12-10(14-13-9)16(3)7-8-4-5-11-6-8/h4-6,11H,7H2,1-3H3,(H,12,13,14). The van der Waals surface area contributed by atoms with Gasteiger partial charge in [-0.3, -0.25) is 0 Å². The van der Waals surface area contributed by atoms with Crippen LogP contribution in [0, 0.1) is 0 Å². The van der Waals surface area contributed by atoms with Gasteiger partial charge in [0.05, 0.1) is 0 Å². The van der Waals surface area contributed by atoms with E-state index >= 15 is 0 Å². The Morgan fingerprint density at radius 3 is 2.69 bits per heavy atom. The molecule has 0 spiro atoms. The second kappa shape index (κ2) is 4.26. The SMILES string of the molecule is CN(C)c1n[nH]c(N(C)Cc2cc[nH]c2)n1. The molecule has 0 unspecified atom stereocenters. The second-order valence-corrected chi connectivity index (χ2v) is 3.93. The van der Waals surface area contributed by atoms with Gasteiger partial charge in [-0.1, -0.05) is 0 Å². The van der Waals surface area contributed by atoms with Crippen molar-refractivity contribution < 1.29 is 0 Å². The average Bonchev–Trinajstić information content (AvgIpc) is 2.86. The Morgan fingerprint density at radius 1 is 1.31 bits per heavy atom. The maximum absolute atomic E-state index is 4.37. The van der Waals surface area contributed by atoms with Crippen molar-refractivity contribution in [1.82, 2.24) is 20.2 Å². The van der Waals surface area contributed by atoms with Gasteiger partial charge in [-0.25, -0.2) is 5.10 Å². The molecule has 0 aromatic carbocycles. The van der Waals surface area contributed by atoms with Gasteiger partial charge >= 0.3 is 0 Å². The lowest BCUT2D eigenvalue weighted by Gasteiger charge is -2.13. The molecule has 2 N–H and O–H groups in total. The van der Waals surface area contributed by atoms with Gasteiger partial charge in [-0.05, 0) is 11.6 Å². The highest BCUT2D eigenvalue weighted by Gasteiger charge is 2.09. The zero-order chi connectivity index (χ0) is 11.5. The first-order chi connectivity index (χ1) is 7.66. The first kappa shape index (κ1) is 10.5. The van der Waals surface area contributed by atoms with E-state index in [1.165, 1.54) is 5.56 Å². The van der Waals surface area contributed by atoms with Crippen molar-refractivity contribution in [3.63, 3.8) is 0 Å². The molecule has 2 aromatic heterocycles. The van der Waals surface area contributed by atoms with E-state index in [0.717, 1.165) is 12.5 Å². The summed E-state index contributed by atoms with van der Waals surface area (Å²) in [6.07, 6.45) is 3.88. The van der Waals surface area contributed by atoms with Crippen LogP contribution in [0.4, 0.5) is 11.9 Å². The molecular formula is C10H16N6. The number of rotatable bonds is 4. The molecule has 6 nitrogen and oxygen atoms in total. The normalized spacial score (nSPS) is 10.4. The van der Waals surface area contributed by atoms with Crippen LogP contribution >= 0.6 is 0 Å². The number of nitrogens with one attached hydrogen (secondary N) is 2. The molecule has 0 amide bonds. The summed E-state index contributed by atoms with van der Waals surface area (Å²) in [6.45, 7) is 0.797. The van der Waals surface area contributed by atoms with Crippen LogP contribution in [0.2, 0.25) is 0 Å². The van der Waals surface area contributed by atoms with Crippen LogP contribution in [0.1, 0.15) is 5.56 Å². The van der Waals surface area contributed by atoms with Gasteiger partial charge in [0.25, 0.3) is 0 Å². The van der Waals surface area contributed by atoms with Crippen LogP contribution in [0.3, 0.4) is 0 Å². The largest absolute Gasteiger partial charge is 0.367 e. The zero-order valence-corrected chi connectivity index (χ0v) is 9.73. The molecule has 0 aliphatic carbocycles. The maximum atomic E-state index is 4.37. The van der Waals surface area contributed by atoms with Gasteiger partial charge in [-0.15, -0.1) is 5.10 Å². The molecule has 86 valence electrons. The Labute approximate surface area is 94.3 Å². The number of aromatic nitrogens is 4. The molecule has 6 heteroatoms. The smallest absolute Gasteiger partial charge is 0.245 e. The van der Waals surface area contributed by atoms with Gasteiger partial charge in [-0.2, -0.15) is 4.98 Å². The van der Waals surface area contributed by atoms with E-state index < -0.39 is 0 Å². The van der Waals surface area contributed by atoms with E-state index in [9.17, 15) is 0 Å². The monoisotopic (exact) mass is 220 g/mol. The van der Waals surface area contributed by atoms with E-state index in [2.05, 4.69) is 20.2 Å². The van der Waals surface area contributed by atoms with Gasteiger partial charge in [0.15, 0.2) is 0 Å². The van der Waals surface area contributed by atoms with Crippen molar-refractivity contribution in [2.24, 2.45) is 0 Å². The molecule has 0 radical (unpaired) electrons. The first-order valence-corrected chi connectivity index (χ1v) is 5.09. The maximum Gasteiger partial charge on any atom is 0.245 e. The quantitative estimate of drug-likeness (QED) is 0.801. The number of hydrogen-bond donors (Lipinski definition) is 2. The summed E-state index contributed by atoms with van der Waals surface area (Å²) in [7, 11) is 5.81. The number of aromatic amines is 2. The zero-order valence-electron chi connectivity index (χ0n) is 9.73. The first-order valence-electron chi connectivity index (χ1n) is 5.09. The van der Waals surface area contributed by atoms with Crippen LogP contribution in [0.25, 0.3) is 0 Å². The Kier molecular flexibility index (Phi) is 2.80. The highest BCUT2D eigenvalue weighted by atomic mass is 15.4. The van der Waals surface area contributed by atoms with Crippen LogP contribution in [0.15, 0.2) is 18.5 Å². The van der Waals surface area contributed by atoms with Crippen molar-refractivity contribution in [3.8, 4) is 0 Å². The molecule has 0 bridgehead atoms. The minimum atomic E-state index is 0.691. The molecule has 0 aliphatic rings. The number of hydrogen-bond acceptors (Lipinski definition) is 4. The van der Waals surface area contributed by atoms with Crippen molar-refractivity contribution >= 4 is 11.9 Å². The molecule has 2 aromatic rings. The van der Waals surface area contributed by atoms with Gasteiger partial charge in [0.2, 0.25) is 11.9 Å². The topological polar surface area (TPSA) is 63.8 Å². The summed E-state index contributed by atoms with van der Waals surface area (Å²) < 4.78 is 0. The summed E-state index contributed by atoms with van der Waals surface area (Å²) in [5, 5.41) is 7.02. The third-order valence-electron chi connectivity index (χ3n) is 2.31. The highest BCUT2D eigenvalue weighted by Crippen LogP contribution is 2.12. The van der Waals surface area contributed by atoms with Gasteiger partial charge in [0.1, 0.15) is 0 Å². The molecular weight excluding hydrogens is 204 g/mol. The molecule has 2 heterocycles. The van der Waals surface area contributed by atoms with Crippen molar-refractivity contribution in [1.29, 1.82) is 0 Å². The summed E-state index contributed by atoms with van der Waals surface area (Å²) in [5.74, 6) is 1.46. The number of anilines is 2. The fraction of sp³-hybridized carbons (Fsp3) is 0.400. The Morgan fingerprint density at radius 2 is 2.12 bits per heavy atom. The Balaban J connectivity index is 2.06. The number of nitrogens with zero attached hydrogens (tertiary/aromatic N) is 4. The van der Waals surface area contributed by atoms with Gasteiger partial charge in [0, 0.05) is 40.1 Å². The molecule has 0 saturated carbocycles. The molecule has 0 aliphatic heterocycles. The lowest BCUT2D eigenvalue weighted by Crippen LogP contribution is -2.17. The van der Waals surface area contributed by atoms with Crippen molar-refractivity contribution in [3.05, 3.63) is 24.0 Å². The van der Waals surface area contributed by atoms with Crippen molar-refractivity contribution in [2.75, 3.05) is 30.9 Å². The molecule has 2 rings (SSSR count). The predicted molar refractivity (Wildman–Crippen MR) is 63.6 cm³/mol. The van der Waals surface area contributed by atoms with E-state index in [1.54, 1.807) is 0 Å². The van der Waals surface area contributed by atoms with Gasteiger partial charge < -0.3 is 14.8 Å². The minimum Gasteiger partial charge on any atom is -0.367 e. The average molecular weight is 220 g/mol. The van der Waals surface area contributed by atoms with E-state index in [1.807, 2.05) is 49.4 Å². The summed E-state index contributed by atoms with van der Waals surface area (Å²) in [6, 6.07) is 2.04.